The largest absolute Gasteiger partial charge is 0.444 e. The molecule has 0 radical (unpaired) electrons. The van der Waals surface area contributed by atoms with E-state index in [1.807, 2.05) is 43.3 Å². The molecule has 0 aliphatic carbocycles. The van der Waals surface area contributed by atoms with Crippen molar-refractivity contribution in [2.75, 3.05) is 18.0 Å². The number of nitrogens with zero attached hydrogens (tertiary/aromatic N) is 1. The number of aromatic amines is 1. The number of aromatic nitrogens is 1. The molecular formula is C22H24N3O2S-. The van der Waals surface area contributed by atoms with Gasteiger partial charge in [0.1, 0.15) is 5.78 Å². The fourth-order valence-electron chi connectivity index (χ4n) is 3.95. The number of H-pyrrole nitrogens is 1. The van der Waals surface area contributed by atoms with E-state index in [4.69, 9.17) is 4.78 Å². The summed E-state index contributed by atoms with van der Waals surface area (Å²) >= 11 is 0. The van der Waals surface area contributed by atoms with Gasteiger partial charge < -0.3 is 18.9 Å². The zero-order valence-electron chi connectivity index (χ0n) is 16.1. The van der Waals surface area contributed by atoms with Gasteiger partial charge in [0.15, 0.2) is 0 Å². The van der Waals surface area contributed by atoms with Gasteiger partial charge in [-0.25, -0.2) is 0 Å². The molecule has 0 bridgehead atoms. The normalized spacial score (nSPS) is 18.1. The van der Waals surface area contributed by atoms with Gasteiger partial charge in [-0.3, -0.25) is 4.79 Å². The predicted octanol–water partition coefficient (Wildman–Crippen LogP) is 5.04. The fourth-order valence-corrected chi connectivity index (χ4v) is 4.34. The number of benzene rings is 2. The highest BCUT2D eigenvalue weighted by Gasteiger charge is 2.27. The standard InChI is InChI=1S/C22H24N3O2S/c1-14(26)18-9-10-25(13-18)22-8-7-16(15(2)28(23)27)11-19(22)21-12-17-5-3-4-6-20(17)24-21/h3-8,11-12,15,18,23-24H,9-10,13H2,1-2H3/q-1/t15?,18-/m0/s1. The second-order valence-electron chi connectivity index (χ2n) is 7.53. The van der Waals surface area contributed by atoms with Gasteiger partial charge in [0, 0.05) is 46.9 Å². The molecule has 3 aromatic rings. The molecule has 2 N–H and O–H groups in total. The molecule has 0 saturated carbocycles. The van der Waals surface area contributed by atoms with E-state index in [2.05, 4.69) is 22.0 Å². The molecule has 5 nitrogen and oxygen atoms in total. The van der Waals surface area contributed by atoms with Crippen LogP contribution < -0.4 is 4.90 Å². The smallest absolute Gasteiger partial charge is 0.134 e. The van der Waals surface area contributed by atoms with Crippen LogP contribution in [0.1, 0.15) is 31.1 Å². The van der Waals surface area contributed by atoms with Gasteiger partial charge in [-0.15, -0.1) is 0 Å². The summed E-state index contributed by atoms with van der Waals surface area (Å²) in [4.78, 5) is 17.6. The predicted molar refractivity (Wildman–Crippen MR) is 114 cm³/mol. The highest BCUT2D eigenvalue weighted by atomic mass is 32.2. The summed E-state index contributed by atoms with van der Waals surface area (Å²) < 4.78 is 19.3. The Morgan fingerprint density at radius 3 is 2.71 bits per heavy atom. The number of nitrogens with one attached hydrogen (secondary N) is 2. The Hall–Kier alpha value is -2.60. The van der Waals surface area contributed by atoms with Crippen LogP contribution in [0.5, 0.6) is 0 Å². The van der Waals surface area contributed by atoms with Crippen LogP contribution in [0.25, 0.3) is 22.2 Å². The average Bonchev–Trinajstić information content (AvgIpc) is 3.34. The Kier molecular flexibility index (Phi) is 4.98. The summed E-state index contributed by atoms with van der Waals surface area (Å²) in [6.07, 6.45) is 0.871. The lowest BCUT2D eigenvalue weighted by Crippen LogP contribution is -2.22. The second-order valence-corrected chi connectivity index (χ2v) is 8.83. The van der Waals surface area contributed by atoms with Gasteiger partial charge in [0.2, 0.25) is 0 Å². The van der Waals surface area contributed by atoms with E-state index >= 15 is 0 Å². The Morgan fingerprint density at radius 1 is 1.25 bits per heavy atom. The molecule has 2 heterocycles. The van der Waals surface area contributed by atoms with Gasteiger partial charge in [0.25, 0.3) is 0 Å². The van der Waals surface area contributed by atoms with Gasteiger partial charge in [0.05, 0.1) is 0 Å². The van der Waals surface area contributed by atoms with Gasteiger partial charge in [-0.05, 0) is 37.6 Å². The first-order valence-corrected chi connectivity index (χ1v) is 10.7. The third kappa shape index (κ3) is 3.44. The maximum Gasteiger partial charge on any atom is 0.134 e. The number of ketones is 1. The molecule has 28 heavy (non-hydrogen) atoms. The van der Waals surface area contributed by atoms with Gasteiger partial charge >= 0.3 is 0 Å². The number of para-hydroxylation sites is 1. The summed E-state index contributed by atoms with van der Waals surface area (Å²) in [5.74, 6) is 0.319. The fraction of sp³-hybridized carbons (Fsp3) is 0.318. The molecule has 146 valence electrons. The number of carbonyl (C=O) groups is 1. The molecule has 1 unspecified atom stereocenters. The van der Waals surface area contributed by atoms with Crippen LogP contribution in [-0.2, 0) is 19.6 Å². The van der Waals surface area contributed by atoms with Crippen molar-refractivity contribution in [1.29, 1.82) is 4.78 Å². The van der Waals surface area contributed by atoms with Gasteiger partial charge in [-0.1, -0.05) is 42.0 Å². The minimum absolute atomic E-state index is 0.0786. The van der Waals surface area contributed by atoms with Crippen molar-refractivity contribution >= 4 is 33.0 Å². The number of hydrogen-bond donors (Lipinski definition) is 2. The summed E-state index contributed by atoms with van der Waals surface area (Å²) in [6.45, 7) is 5.05. The monoisotopic (exact) mass is 394 g/mol. The first kappa shape index (κ1) is 18.7. The number of carbonyl (C=O) groups excluding carboxylic acids is 1. The first-order valence-electron chi connectivity index (χ1n) is 9.53. The lowest BCUT2D eigenvalue weighted by Gasteiger charge is -2.24. The molecule has 1 fully saturated rings. The van der Waals surface area contributed by atoms with Crippen molar-refractivity contribution in [3.63, 3.8) is 0 Å². The molecule has 1 aliphatic heterocycles. The molecule has 4 rings (SSSR count). The number of Topliss-reactive ketones (excluding diaryl/α,β-unsaturated/α-hetero) is 1. The van der Waals surface area contributed by atoms with Crippen LogP contribution in [0.3, 0.4) is 0 Å². The number of fused-ring (bicyclic) bond motifs is 1. The molecule has 1 aromatic heterocycles. The molecular weight excluding hydrogens is 370 g/mol. The van der Waals surface area contributed by atoms with E-state index in [-0.39, 0.29) is 17.0 Å². The van der Waals surface area contributed by atoms with Crippen LogP contribution in [-0.4, -0.2) is 23.9 Å². The summed E-state index contributed by atoms with van der Waals surface area (Å²) in [5.41, 5.74) is 5.03. The molecule has 2 aromatic carbocycles. The minimum Gasteiger partial charge on any atom is -0.444 e. The Balaban J connectivity index is 1.82. The van der Waals surface area contributed by atoms with Crippen LogP contribution in [0, 0.1) is 10.7 Å². The van der Waals surface area contributed by atoms with Crippen molar-refractivity contribution in [3.8, 4) is 11.3 Å². The topological polar surface area (TPSA) is 77.0 Å². The Bertz CT molecular complexity index is 1070. The van der Waals surface area contributed by atoms with E-state index in [1.165, 1.54) is 0 Å². The lowest BCUT2D eigenvalue weighted by molar-refractivity contribution is -0.120. The van der Waals surface area contributed by atoms with Crippen molar-refractivity contribution in [3.05, 3.63) is 54.1 Å². The minimum atomic E-state index is -1.68. The van der Waals surface area contributed by atoms with Crippen molar-refractivity contribution in [2.24, 2.45) is 5.92 Å². The van der Waals surface area contributed by atoms with Crippen LogP contribution in [0.2, 0.25) is 0 Å². The maximum atomic E-state index is 11.8. The van der Waals surface area contributed by atoms with Crippen molar-refractivity contribution in [1.82, 2.24) is 4.98 Å². The number of rotatable bonds is 5. The third-order valence-corrected chi connectivity index (χ3v) is 6.65. The van der Waals surface area contributed by atoms with Crippen molar-refractivity contribution < 1.29 is 9.00 Å². The van der Waals surface area contributed by atoms with E-state index in [0.29, 0.717) is 0 Å². The van der Waals surface area contributed by atoms with E-state index in [1.54, 1.807) is 6.92 Å². The highest BCUT2D eigenvalue weighted by molar-refractivity contribution is 7.73. The number of anilines is 1. The maximum absolute atomic E-state index is 11.8. The first-order chi connectivity index (χ1) is 13.4. The molecule has 1 aliphatic rings. The molecule has 0 amide bonds. The SMILES string of the molecule is CC(=O)[C@H]1CCN(c2ccc(C(C)[S-](=N)=O)cc2-c2cc3ccccc3[nH]2)C1. The van der Waals surface area contributed by atoms with Crippen molar-refractivity contribution in [2.45, 2.75) is 25.5 Å². The molecule has 0 spiro atoms. The lowest BCUT2D eigenvalue weighted by atomic mass is 10.0. The van der Waals surface area contributed by atoms with Gasteiger partial charge in [-0.2, -0.15) is 10.6 Å². The summed E-state index contributed by atoms with van der Waals surface area (Å²) in [5, 5.41) is 0.773. The molecule has 6 heteroatoms. The Labute approximate surface area is 166 Å². The van der Waals surface area contributed by atoms with E-state index in [0.717, 1.165) is 52.9 Å². The van der Waals surface area contributed by atoms with Crippen LogP contribution in [0.4, 0.5) is 5.69 Å². The Morgan fingerprint density at radius 2 is 2.04 bits per heavy atom. The summed E-state index contributed by atoms with van der Waals surface area (Å²) in [7, 11) is -1.68. The zero-order valence-corrected chi connectivity index (χ0v) is 16.9. The van der Waals surface area contributed by atoms with E-state index < -0.39 is 10.6 Å². The zero-order chi connectivity index (χ0) is 19.8. The quantitative estimate of drug-likeness (QED) is 0.595. The highest BCUT2D eigenvalue weighted by Crippen LogP contribution is 2.37. The van der Waals surface area contributed by atoms with Crippen LogP contribution >= 0.6 is 0 Å². The number of hydrogen-bond acceptors (Lipinski definition) is 5. The average molecular weight is 395 g/mol. The van der Waals surface area contributed by atoms with Crippen LogP contribution in [0.15, 0.2) is 48.5 Å². The molecule has 1 saturated heterocycles. The summed E-state index contributed by atoms with van der Waals surface area (Å²) in [6, 6.07) is 16.3. The second kappa shape index (κ2) is 7.43. The van der Waals surface area contributed by atoms with E-state index in [9.17, 15) is 9.00 Å². The third-order valence-electron chi connectivity index (χ3n) is 5.74. The molecule has 2 atom stereocenters.